The van der Waals surface area contributed by atoms with E-state index in [0.29, 0.717) is 17.8 Å². The highest BCUT2D eigenvalue weighted by atomic mass is 32.2. The maximum Gasteiger partial charge on any atom is 0.319 e. The number of hydrogen-bond donors (Lipinski definition) is 3. The number of aromatic nitrogens is 1. The highest BCUT2D eigenvalue weighted by Gasteiger charge is 2.28. The zero-order valence-electron chi connectivity index (χ0n) is 11.1. The van der Waals surface area contributed by atoms with Crippen LogP contribution < -0.4 is 10.6 Å². The van der Waals surface area contributed by atoms with Crippen molar-refractivity contribution in [2.45, 2.75) is 18.9 Å². The van der Waals surface area contributed by atoms with Gasteiger partial charge in [-0.1, -0.05) is 0 Å². The second-order valence-electron chi connectivity index (χ2n) is 4.81. The Kier molecular flexibility index (Phi) is 4.41. The van der Waals surface area contributed by atoms with Crippen molar-refractivity contribution in [1.82, 2.24) is 10.3 Å². The van der Waals surface area contributed by atoms with E-state index >= 15 is 0 Å². The number of nitrogens with one attached hydrogen (secondary N) is 2. The molecule has 3 N–H and O–H groups in total. The molecule has 114 valence electrons. The fourth-order valence-electron chi connectivity index (χ4n) is 2.02. The first-order valence-electron chi connectivity index (χ1n) is 6.29. The topological polar surface area (TPSA) is 125 Å². The molecular formula is C12H15N3O5S. The summed E-state index contributed by atoms with van der Waals surface area (Å²) in [5.74, 6) is -0.942. The van der Waals surface area contributed by atoms with E-state index in [1.165, 1.54) is 18.3 Å². The number of carboxylic acids is 1. The first-order chi connectivity index (χ1) is 9.84. The second-order valence-corrected chi connectivity index (χ2v) is 7.04. The van der Waals surface area contributed by atoms with E-state index in [-0.39, 0.29) is 24.0 Å². The van der Waals surface area contributed by atoms with Crippen molar-refractivity contribution in [3.8, 4) is 0 Å². The van der Waals surface area contributed by atoms with Gasteiger partial charge in [0, 0.05) is 6.04 Å². The number of pyridine rings is 1. The lowest BCUT2D eigenvalue weighted by molar-refractivity contribution is -0.136. The van der Waals surface area contributed by atoms with Gasteiger partial charge in [-0.05, 0) is 18.6 Å². The van der Waals surface area contributed by atoms with Crippen LogP contribution in [-0.2, 0) is 21.1 Å². The molecule has 1 unspecified atom stereocenters. The molecule has 1 aliphatic rings. The second kappa shape index (κ2) is 6.08. The standard InChI is InChI=1S/C12H15N3O5S/c16-11(17)5-8-1-2-9(6-13-8)14-12(18)15-10-3-4-21(19,20)7-10/h1-2,6,10H,3-5,7H2,(H,16,17)(H2,14,15,18). The van der Waals surface area contributed by atoms with Crippen LogP contribution in [0.5, 0.6) is 0 Å². The molecule has 21 heavy (non-hydrogen) atoms. The normalized spacial score (nSPS) is 19.9. The fourth-order valence-corrected chi connectivity index (χ4v) is 3.69. The predicted octanol–water partition coefficient (Wildman–Crippen LogP) is 0.0173. The molecule has 1 aliphatic heterocycles. The Morgan fingerprint density at radius 3 is 2.67 bits per heavy atom. The van der Waals surface area contributed by atoms with E-state index in [1.807, 2.05) is 0 Å². The molecule has 0 saturated carbocycles. The van der Waals surface area contributed by atoms with Gasteiger partial charge in [-0.15, -0.1) is 0 Å². The number of rotatable bonds is 4. The van der Waals surface area contributed by atoms with E-state index in [1.54, 1.807) is 0 Å². The van der Waals surface area contributed by atoms with Crippen LogP contribution in [0.1, 0.15) is 12.1 Å². The molecule has 0 radical (unpaired) electrons. The van der Waals surface area contributed by atoms with Gasteiger partial charge in [0.05, 0.1) is 35.5 Å². The number of anilines is 1. The van der Waals surface area contributed by atoms with Crippen LogP contribution in [0.4, 0.5) is 10.5 Å². The van der Waals surface area contributed by atoms with Crippen LogP contribution in [0.25, 0.3) is 0 Å². The summed E-state index contributed by atoms with van der Waals surface area (Å²) in [6.45, 7) is 0. The third-order valence-corrected chi connectivity index (χ3v) is 4.75. The first-order valence-corrected chi connectivity index (χ1v) is 8.11. The number of carboxylic acid groups (broad SMARTS) is 1. The Morgan fingerprint density at radius 2 is 2.14 bits per heavy atom. The molecule has 1 atom stereocenters. The van der Waals surface area contributed by atoms with Crippen molar-refractivity contribution in [2.24, 2.45) is 0 Å². The van der Waals surface area contributed by atoms with E-state index in [4.69, 9.17) is 5.11 Å². The van der Waals surface area contributed by atoms with Crippen LogP contribution in [0, 0.1) is 0 Å². The summed E-state index contributed by atoms with van der Waals surface area (Å²) in [6.07, 6.45) is 1.57. The monoisotopic (exact) mass is 313 g/mol. The lowest BCUT2D eigenvalue weighted by Gasteiger charge is -2.12. The molecule has 2 heterocycles. The maximum atomic E-state index is 11.7. The molecule has 1 aromatic rings. The van der Waals surface area contributed by atoms with Crippen molar-refractivity contribution in [3.63, 3.8) is 0 Å². The van der Waals surface area contributed by atoms with Crippen molar-refractivity contribution in [2.75, 3.05) is 16.8 Å². The zero-order valence-corrected chi connectivity index (χ0v) is 11.9. The van der Waals surface area contributed by atoms with E-state index in [9.17, 15) is 18.0 Å². The average molecular weight is 313 g/mol. The molecule has 1 saturated heterocycles. The summed E-state index contributed by atoms with van der Waals surface area (Å²) < 4.78 is 22.6. The number of amides is 2. The maximum absolute atomic E-state index is 11.7. The summed E-state index contributed by atoms with van der Waals surface area (Å²) in [5.41, 5.74) is 0.790. The molecule has 2 amide bonds. The third-order valence-electron chi connectivity index (χ3n) is 2.98. The molecule has 0 aromatic carbocycles. The zero-order chi connectivity index (χ0) is 15.5. The lowest BCUT2D eigenvalue weighted by atomic mass is 10.2. The molecule has 1 aromatic heterocycles. The van der Waals surface area contributed by atoms with Gasteiger partial charge < -0.3 is 15.7 Å². The molecule has 0 spiro atoms. The van der Waals surface area contributed by atoms with Gasteiger partial charge in [0.1, 0.15) is 0 Å². The van der Waals surface area contributed by atoms with Gasteiger partial charge >= 0.3 is 12.0 Å². The Morgan fingerprint density at radius 1 is 1.38 bits per heavy atom. The van der Waals surface area contributed by atoms with E-state index in [2.05, 4.69) is 15.6 Å². The number of aliphatic carboxylic acids is 1. The smallest absolute Gasteiger partial charge is 0.319 e. The molecular weight excluding hydrogens is 298 g/mol. The molecule has 0 bridgehead atoms. The quantitative estimate of drug-likeness (QED) is 0.719. The Labute approximate surface area is 121 Å². The van der Waals surface area contributed by atoms with Crippen molar-refractivity contribution >= 4 is 27.5 Å². The van der Waals surface area contributed by atoms with Gasteiger partial charge in [0.25, 0.3) is 0 Å². The van der Waals surface area contributed by atoms with E-state index in [0.717, 1.165) is 0 Å². The van der Waals surface area contributed by atoms with Crippen molar-refractivity contribution in [1.29, 1.82) is 0 Å². The van der Waals surface area contributed by atoms with Crippen LogP contribution in [-0.4, -0.2) is 48.1 Å². The summed E-state index contributed by atoms with van der Waals surface area (Å²) in [6, 6.07) is 2.15. The first kappa shape index (κ1) is 15.2. The van der Waals surface area contributed by atoms with Gasteiger partial charge in [0.2, 0.25) is 0 Å². The number of urea groups is 1. The Balaban J connectivity index is 1.86. The number of nitrogens with zero attached hydrogens (tertiary/aromatic N) is 1. The van der Waals surface area contributed by atoms with Crippen molar-refractivity contribution < 1.29 is 23.1 Å². The number of hydrogen-bond acceptors (Lipinski definition) is 5. The summed E-state index contributed by atoms with van der Waals surface area (Å²) in [5, 5.41) is 13.7. The molecule has 8 nitrogen and oxygen atoms in total. The highest BCUT2D eigenvalue weighted by Crippen LogP contribution is 2.12. The van der Waals surface area contributed by atoms with Gasteiger partial charge in [-0.2, -0.15) is 0 Å². The Hall–Kier alpha value is -2.16. The van der Waals surface area contributed by atoms with Crippen LogP contribution in [0.3, 0.4) is 0 Å². The van der Waals surface area contributed by atoms with Crippen LogP contribution >= 0.6 is 0 Å². The minimum Gasteiger partial charge on any atom is -0.481 e. The third kappa shape index (κ3) is 4.71. The molecule has 2 rings (SSSR count). The predicted molar refractivity (Wildman–Crippen MR) is 74.8 cm³/mol. The van der Waals surface area contributed by atoms with Crippen molar-refractivity contribution in [3.05, 3.63) is 24.0 Å². The van der Waals surface area contributed by atoms with E-state index < -0.39 is 21.8 Å². The number of carbonyl (C=O) groups is 2. The SMILES string of the molecule is O=C(O)Cc1ccc(NC(=O)NC2CCS(=O)(=O)C2)cn1. The summed E-state index contributed by atoms with van der Waals surface area (Å²) in [4.78, 5) is 26.1. The Bertz CT molecular complexity index is 641. The number of carbonyl (C=O) groups excluding carboxylic acids is 1. The van der Waals surface area contributed by atoms with Gasteiger partial charge in [-0.25, -0.2) is 13.2 Å². The number of sulfone groups is 1. The summed E-state index contributed by atoms with van der Waals surface area (Å²) in [7, 11) is -3.04. The van der Waals surface area contributed by atoms with Gasteiger partial charge in [-0.3, -0.25) is 9.78 Å². The highest BCUT2D eigenvalue weighted by molar-refractivity contribution is 7.91. The summed E-state index contributed by atoms with van der Waals surface area (Å²) >= 11 is 0. The van der Waals surface area contributed by atoms with Crippen LogP contribution in [0.2, 0.25) is 0 Å². The lowest BCUT2D eigenvalue weighted by Crippen LogP contribution is -2.38. The average Bonchev–Trinajstić information content (AvgIpc) is 2.70. The minimum atomic E-state index is -3.04. The fraction of sp³-hybridized carbons (Fsp3) is 0.417. The molecule has 0 aliphatic carbocycles. The minimum absolute atomic E-state index is 0.0454. The van der Waals surface area contributed by atoms with Gasteiger partial charge in [0.15, 0.2) is 9.84 Å². The van der Waals surface area contributed by atoms with Crippen LogP contribution in [0.15, 0.2) is 18.3 Å². The molecule has 9 heteroatoms. The molecule has 1 fully saturated rings. The largest absolute Gasteiger partial charge is 0.481 e.